The molecule has 0 aliphatic carbocycles. The molecule has 3 nitrogen and oxygen atoms in total. The van der Waals surface area contributed by atoms with Crippen molar-refractivity contribution in [3.05, 3.63) is 40.1 Å². The smallest absolute Gasteiger partial charge is 0.310 e. The van der Waals surface area contributed by atoms with Gasteiger partial charge < -0.3 is 4.74 Å². The van der Waals surface area contributed by atoms with E-state index < -0.39 is 0 Å². The van der Waals surface area contributed by atoms with Gasteiger partial charge in [0.05, 0.1) is 13.0 Å². The third kappa shape index (κ3) is 2.52. The molecule has 0 saturated carbocycles. The Morgan fingerprint density at radius 3 is 3.00 bits per heavy atom. The highest BCUT2D eigenvalue weighted by Gasteiger charge is 2.55. The van der Waals surface area contributed by atoms with E-state index in [4.69, 9.17) is 4.74 Å². The van der Waals surface area contributed by atoms with E-state index in [1.807, 2.05) is 11.3 Å². The van der Waals surface area contributed by atoms with Crippen LogP contribution in [0, 0.1) is 11.8 Å². The van der Waals surface area contributed by atoms with Crippen LogP contribution >= 0.6 is 22.7 Å². The van der Waals surface area contributed by atoms with E-state index in [1.165, 1.54) is 33.7 Å². The monoisotopic (exact) mass is 371 g/mol. The number of carbonyl (C=O) groups excluding carboxylic acids is 1. The summed E-state index contributed by atoms with van der Waals surface area (Å²) < 4.78 is 5.16. The second-order valence-corrected chi connectivity index (χ2v) is 9.32. The van der Waals surface area contributed by atoms with E-state index >= 15 is 0 Å². The second-order valence-electron chi connectivity index (χ2n) is 7.26. The fourth-order valence-corrected chi connectivity index (χ4v) is 6.86. The number of piperidine rings is 3. The van der Waals surface area contributed by atoms with Crippen LogP contribution in [-0.2, 0) is 9.53 Å². The minimum absolute atomic E-state index is 0.0172. The first kappa shape index (κ1) is 15.8. The van der Waals surface area contributed by atoms with Gasteiger partial charge in [0.15, 0.2) is 0 Å². The van der Waals surface area contributed by atoms with E-state index in [1.54, 1.807) is 11.3 Å². The first-order valence-electron chi connectivity index (χ1n) is 8.92. The van der Waals surface area contributed by atoms with Gasteiger partial charge in [-0.25, -0.2) is 0 Å². The van der Waals surface area contributed by atoms with Crippen molar-refractivity contribution in [3.63, 3.8) is 0 Å². The number of esters is 1. The van der Waals surface area contributed by atoms with Crippen LogP contribution in [0.5, 0.6) is 0 Å². The summed E-state index contributed by atoms with van der Waals surface area (Å²) in [6.07, 6.45) is 5.84. The number of thiophene rings is 2. The van der Waals surface area contributed by atoms with Crippen LogP contribution in [0.15, 0.2) is 35.2 Å². The van der Waals surface area contributed by atoms with E-state index in [9.17, 15) is 4.79 Å². The quantitative estimate of drug-likeness (QED) is 0.743. The standard InChI is InChI=1S/C20H21NO2S2/c1-23-20(22)19-15-10-13-4-6-16(19)21(13)11-12(15)9-14-5-7-18(25-14)17-3-2-8-24-17/h2-3,5,7-9,13,15-16,19H,4,6,10-11H2,1H3/b12-9+. The van der Waals surface area contributed by atoms with Crippen molar-refractivity contribution < 1.29 is 9.53 Å². The average molecular weight is 372 g/mol. The fourth-order valence-electron chi connectivity index (χ4n) is 5.04. The zero-order valence-electron chi connectivity index (χ0n) is 14.2. The average Bonchev–Trinajstić information content (AvgIpc) is 3.35. The molecule has 25 heavy (non-hydrogen) atoms. The lowest BCUT2D eigenvalue weighted by atomic mass is 9.71. The van der Waals surface area contributed by atoms with Crippen molar-refractivity contribution >= 4 is 34.7 Å². The Morgan fingerprint density at radius 2 is 2.20 bits per heavy atom. The first-order valence-corrected chi connectivity index (χ1v) is 10.6. The number of hydrogen-bond acceptors (Lipinski definition) is 5. The summed E-state index contributed by atoms with van der Waals surface area (Å²) in [6.45, 7) is 1.03. The van der Waals surface area contributed by atoms with Crippen LogP contribution in [-0.4, -0.2) is 36.6 Å². The second kappa shape index (κ2) is 6.08. The van der Waals surface area contributed by atoms with Crippen LogP contribution in [0.3, 0.4) is 0 Å². The van der Waals surface area contributed by atoms with E-state index in [2.05, 4.69) is 40.6 Å². The predicted octanol–water partition coefficient (Wildman–Crippen LogP) is 4.52. The van der Waals surface area contributed by atoms with Crippen LogP contribution in [0.1, 0.15) is 24.1 Å². The zero-order chi connectivity index (χ0) is 17.0. The van der Waals surface area contributed by atoms with Gasteiger partial charge in [-0.2, -0.15) is 0 Å². The molecule has 0 spiro atoms. The lowest BCUT2D eigenvalue weighted by Gasteiger charge is -2.50. The van der Waals surface area contributed by atoms with Crippen molar-refractivity contribution in [1.82, 2.24) is 4.90 Å². The Labute approximate surface area is 155 Å². The molecule has 5 heteroatoms. The van der Waals surface area contributed by atoms with Gasteiger partial charge >= 0.3 is 5.97 Å². The van der Waals surface area contributed by atoms with Crippen molar-refractivity contribution in [1.29, 1.82) is 0 Å². The number of fused-ring (bicyclic) bond motifs is 1. The summed E-state index contributed by atoms with van der Waals surface area (Å²) in [5, 5.41) is 2.12. The molecule has 130 valence electrons. The molecule has 4 aliphatic rings. The molecular weight excluding hydrogens is 350 g/mol. The molecule has 5 unspecified atom stereocenters. The highest BCUT2D eigenvalue weighted by atomic mass is 32.1. The maximum absolute atomic E-state index is 12.4. The van der Waals surface area contributed by atoms with Gasteiger partial charge in [0.25, 0.3) is 0 Å². The largest absolute Gasteiger partial charge is 0.469 e. The first-order chi connectivity index (χ1) is 12.2. The summed E-state index contributed by atoms with van der Waals surface area (Å²) in [5.74, 6) is 0.374. The number of rotatable bonds is 3. The number of methoxy groups -OCH3 is 1. The Morgan fingerprint density at radius 1 is 1.28 bits per heavy atom. The summed E-state index contributed by atoms with van der Waals surface area (Å²) >= 11 is 3.63. The maximum Gasteiger partial charge on any atom is 0.310 e. The van der Waals surface area contributed by atoms with E-state index in [0.29, 0.717) is 18.0 Å². The Balaban J connectivity index is 1.46. The molecular formula is C20H21NO2S2. The SMILES string of the molecule is COC(=O)C1C2CC3CCC1N3C/C2=C\c1ccc(-c2cccs2)s1. The minimum atomic E-state index is -0.0172. The normalized spacial score (nSPS) is 34.6. The van der Waals surface area contributed by atoms with Crippen molar-refractivity contribution in [3.8, 4) is 9.75 Å². The van der Waals surface area contributed by atoms with Crippen molar-refractivity contribution in [2.24, 2.45) is 11.8 Å². The van der Waals surface area contributed by atoms with Crippen molar-refractivity contribution in [2.75, 3.05) is 13.7 Å². The molecule has 0 radical (unpaired) electrons. The summed E-state index contributed by atoms with van der Waals surface area (Å²) in [6, 6.07) is 9.78. The molecule has 4 aliphatic heterocycles. The molecule has 4 saturated heterocycles. The van der Waals surface area contributed by atoms with E-state index in [0.717, 1.165) is 19.4 Å². The molecule has 4 bridgehead atoms. The Bertz CT molecular complexity index is 823. The molecule has 6 rings (SSSR count). The van der Waals surface area contributed by atoms with Gasteiger partial charge in [-0.15, -0.1) is 22.7 Å². The highest BCUT2D eigenvalue weighted by molar-refractivity contribution is 7.21. The molecule has 5 atom stereocenters. The van der Waals surface area contributed by atoms with Crippen LogP contribution in [0.25, 0.3) is 15.8 Å². The van der Waals surface area contributed by atoms with Gasteiger partial charge in [-0.05, 0) is 54.8 Å². The van der Waals surface area contributed by atoms with Gasteiger partial charge in [-0.3, -0.25) is 9.69 Å². The topological polar surface area (TPSA) is 29.5 Å². The molecule has 0 N–H and O–H groups in total. The van der Waals surface area contributed by atoms with E-state index in [-0.39, 0.29) is 11.9 Å². The number of nitrogens with zero attached hydrogens (tertiary/aromatic N) is 1. The molecule has 0 aromatic carbocycles. The van der Waals surface area contributed by atoms with Gasteiger partial charge in [0, 0.05) is 33.3 Å². The predicted molar refractivity (Wildman–Crippen MR) is 103 cm³/mol. The molecule has 6 heterocycles. The minimum Gasteiger partial charge on any atom is -0.469 e. The Kier molecular flexibility index (Phi) is 3.84. The van der Waals surface area contributed by atoms with Gasteiger partial charge in [-0.1, -0.05) is 11.6 Å². The molecule has 0 amide bonds. The maximum atomic E-state index is 12.4. The third-order valence-corrected chi connectivity index (χ3v) is 8.20. The molecule has 4 fully saturated rings. The molecule has 2 aromatic rings. The highest BCUT2D eigenvalue weighted by Crippen LogP contribution is 2.51. The summed E-state index contributed by atoms with van der Waals surface area (Å²) in [5.41, 5.74) is 1.42. The molecule has 2 aromatic heterocycles. The number of hydrogen-bond donors (Lipinski definition) is 0. The summed E-state index contributed by atoms with van der Waals surface area (Å²) in [4.78, 5) is 18.9. The number of ether oxygens (including phenoxy) is 1. The lowest BCUT2D eigenvalue weighted by molar-refractivity contribution is -0.153. The fraction of sp³-hybridized carbons (Fsp3) is 0.450. The van der Waals surface area contributed by atoms with Gasteiger partial charge in [0.1, 0.15) is 0 Å². The van der Waals surface area contributed by atoms with Crippen LogP contribution in [0.2, 0.25) is 0 Å². The third-order valence-electron chi connectivity index (χ3n) is 6.10. The van der Waals surface area contributed by atoms with Gasteiger partial charge in [0.2, 0.25) is 0 Å². The zero-order valence-corrected chi connectivity index (χ0v) is 15.8. The Hall–Kier alpha value is -1.43. The number of carbonyl (C=O) groups is 1. The summed E-state index contributed by atoms with van der Waals surface area (Å²) in [7, 11) is 1.53. The van der Waals surface area contributed by atoms with Crippen LogP contribution < -0.4 is 0 Å². The van der Waals surface area contributed by atoms with Crippen LogP contribution in [0.4, 0.5) is 0 Å². The van der Waals surface area contributed by atoms with Crippen molar-refractivity contribution in [2.45, 2.75) is 31.3 Å². The lowest BCUT2D eigenvalue weighted by Crippen LogP contribution is -2.58.